The number of nitrogens with zero attached hydrogens (tertiary/aromatic N) is 2. The van der Waals surface area contributed by atoms with Gasteiger partial charge in [0.1, 0.15) is 11.5 Å². The number of aromatic amines is 1. The molecule has 0 saturated heterocycles. The van der Waals surface area contributed by atoms with Crippen molar-refractivity contribution >= 4 is 16.7 Å². The van der Waals surface area contributed by atoms with Crippen LogP contribution in [0.1, 0.15) is 42.6 Å². The number of nitrogens with one attached hydrogen (secondary N) is 2. The quantitative estimate of drug-likeness (QED) is 0.652. The van der Waals surface area contributed by atoms with E-state index in [1.54, 1.807) is 6.20 Å². The zero-order valence-electron chi connectivity index (χ0n) is 15.5. The Morgan fingerprint density at radius 1 is 1.25 bits per heavy atom. The average Bonchev–Trinajstić information content (AvgIpc) is 3.02. The van der Waals surface area contributed by atoms with E-state index < -0.39 is 12.6 Å². The standard InChI is InChI=1S/C21H21F3N4/c1-12-6-8-25-13(2)15-4-3-14(9-16(12)15)17-10-27-20-18(17)11-26-19(28-20)5-7-21(22,23)24/h3-4,9-12,25H,2,5-8H2,1H3,(H,26,27,28). The molecule has 1 aliphatic rings. The van der Waals surface area contributed by atoms with Crippen molar-refractivity contribution < 1.29 is 13.2 Å². The summed E-state index contributed by atoms with van der Waals surface area (Å²) in [6, 6.07) is 6.27. The lowest BCUT2D eigenvalue weighted by Gasteiger charge is -2.14. The van der Waals surface area contributed by atoms with Gasteiger partial charge in [-0.1, -0.05) is 31.7 Å². The van der Waals surface area contributed by atoms with E-state index in [4.69, 9.17) is 0 Å². The summed E-state index contributed by atoms with van der Waals surface area (Å²) in [4.78, 5) is 11.5. The van der Waals surface area contributed by atoms with Crippen LogP contribution in [0.3, 0.4) is 0 Å². The smallest absolute Gasteiger partial charge is 0.385 e. The molecule has 0 spiro atoms. The van der Waals surface area contributed by atoms with E-state index in [1.165, 1.54) is 5.56 Å². The number of benzene rings is 1. The highest BCUT2D eigenvalue weighted by molar-refractivity contribution is 5.93. The number of alkyl halides is 3. The van der Waals surface area contributed by atoms with E-state index in [0.29, 0.717) is 11.6 Å². The van der Waals surface area contributed by atoms with Crippen molar-refractivity contribution in [3.8, 4) is 11.1 Å². The summed E-state index contributed by atoms with van der Waals surface area (Å²) in [5.74, 6) is 0.591. The van der Waals surface area contributed by atoms with Gasteiger partial charge in [0.2, 0.25) is 0 Å². The molecule has 2 N–H and O–H groups in total. The van der Waals surface area contributed by atoms with Gasteiger partial charge >= 0.3 is 6.18 Å². The van der Waals surface area contributed by atoms with Gasteiger partial charge in [-0.05, 0) is 23.5 Å². The van der Waals surface area contributed by atoms with Crippen LogP contribution in [0.25, 0.3) is 27.9 Å². The molecular weight excluding hydrogens is 365 g/mol. The van der Waals surface area contributed by atoms with E-state index in [0.717, 1.165) is 40.7 Å². The molecule has 2 aromatic heterocycles. The Bertz CT molecular complexity index is 1040. The molecule has 4 rings (SSSR count). The molecule has 1 atom stereocenters. The molecule has 0 aliphatic carbocycles. The summed E-state index contributed by atoms with van der Waals surface area (Å²) in [6.07, 6.45) is -0.893. The van der Waals surface area contributed by atoms with Crippen molar-refractivity contribution in [1.82, 2.24) is 20.3 Å². The first-order valence-corrected chi connectivity index (χ1v) is 9.29. The van der Waals surface area contributed by atoms with E-state index >= 15 is 0 Å². The summed E-state index contributed by atoms with van der Waals surface area (Å²) < 4.78 is 37.3. The largest absolute Gasteiger partial charge is 0.389 e. The monoisotopic (exact) mass is 386 g/mol. The van der Waals surface area contributed by atoms with Crippen molar-refractivity contribution in [1.29, 1.82) is 0 Å². The van der Waals surface area contributed by atoms with Gasteiger partial charge in [-0.25, -0.2) is 9.97 Å². The summed E-state index contributed by atoms with van der Waals surface area (Å²) >= 11 is 0. The predicted octanol–water partition coefficient (Wildman–Crippen LogP) is 5.19. The lowest BCUT2D eigenvalue weighted by molar-refractivity contribution is -0.134. The molecule has 28 heavy (non-hydrogen) atoms. The molecule has 0 bridgehead atoms. The molecule has 7 heteroatoms. The van der Waals surface area contributed by atoms with Crippen LogP contribution in [-0.2, 0) is 6.42 Å². The topological polar surface area (TPSA) is 53.6 Å². The van der Waals surface area contributed by atoms with Gasteiger partial charge in [0.05, 0.1) is 6.42 Å². The van der Waals surface area contributed by atoms with Crippen LogP contribution in [0.4, 0.5) is 13.2 Å². The summed E-state index contributed by atoms with van der Waals surface area (Å²) in [5, 5.41) is 4.14. The van der Waals surface area contributed by atoms with Gasteiger partial charge in [-0.2, -0.15) is 13.2 Å². The molecule has 4 nitrogen and oxygen atoms in total. The highest BCUT2D eigenvalue weighted by Gasteiger charge is 2.27. The summed E-state index contributed by atoms with van der Waals surface area (Å²) in [5.41, 5.74) is 5.82. The second kappa shape index (κ2) is 6.96. The maximum Gasteiger partial charge on any atom is 0.389 e. The molecule has 146 valence electrons. The molecule has 1 unspecified atom stereocenters. The first-order valence-electron chi connectivity index (χ1n) is 9.29. The van der Waals surface area contributed by atoms with Crippen LogP contribution in [0, 0.1) is 0 Å². The summed E-state index contributed by atoms with van der Waals surface area (Å²) in [6.45, 7) is 7.22. The normalized spacial score (nSPS) is 17.3. The zero-order chi connectivity index (χ0) is 19.9. The molecule has 0 fully saturated rings. The molecular formula is C21H21F3N4. The Hall–Kier alpha value is -2.83. The van der Waals surface area contributed by atoms with E-state index in [9.17, 15) is 13.2 Å². The van der Waals surface area contributed by atoms with Crippen molar-refractivity contribution in [2.24, 2.45) is 0 Å². The van der Waals surface area contributed by atoms with E-state index in [-0.39, 0.29) is 12.2 Å². The highest BCUT2D eigenvalue weighted by atomic mass is 19.4. The second-order valence-electron chi connectivity index (χ2n) is 7.26. The lowest BCUT2D eigenvalue weighted by Crippen LogP contribution is -2.10. The fraction of sp³-hybridized carbons (Fsp3) is 0.333. The van der Waals surface area contributed by atoms with E-state index in [2.05, 4.69) is 45.9 Å². The average molecular weight is 386 g/mol. The van der Waals surface area contributed by atoms with Crippen molar-refractivity contribution in [2.45, 2.75) is 38.3 Å². The third kappa shape index (κ3) is 3.61. The van der Waals surface area contributed by atoms with Crippen molar-refractivity contribution in [3.63, 3.8) is 0 Å². The Kier molecular flexibility index (Phi) is 4.61. The predicted molar refractivity (Wildman–Crippen MR) is 104 cm³/mol. The Balaban J connectivity index is 1.69. The van der Waals surface area contributed by atoms with Gasteiger partial charge < -0.3 is 10.3 Å². The third-order valence-corrected chi connectivity index (χ3v) is 5.25. The first kappa shape index (κ1) is 18.5. The van der Waals surface area contributed by atoms with Gasteiger partial charge in [0, 0.05) is 47.6 Å². The number of hydrogen-bond acceptors (Lipinski definition) is 3. The minimum atomic E-state index is -4.21. The van der Waals surface area contributed by atoms with Gasteiger partial charge in [0.15, 0.2) is 0 Å². The second-order valence-corrected chi connectivity index (χ2v) is 7.26. The zero-order valence-corrected chi connectivity index (χ0v) is 15.5. The Morgan fingerprint density at radius 3 is 2.86 bits per heavy atom. The van der Waals surface area contributed by atoms with Crippen molar-refractivity contribution in [3.05, 3.63) is 54.1 Å². The van der Waals surface area contributed by atoms with Gasteiger partial charge in [0.25, 0.3) is 0 Å². The SMILES string of the molecule is C=C1NCCC(C)c2cc(-c3c[nH]c4nc(CCC(F)(F)F)ncc34)ccc21. The van der Waals surface area contributed by atoms with Gasteiger partial charge in [-0.15, -0.1) is 0 Å². The fourth-order valence-electron chi connectivity index (χ4n) is 3.66. The first-order chi connectivity index (χ1) is 13.3. The number of hydrogen-bond donors (Lipinski definition) is 2. The highest BCUT2D eigenvalue weighted by Crippen LogP contribution is 2.35. The maximum atomic E-state index is 12.4. The minimum absolute atomic E-state index is 0.191. The van der Waals surface area contributed by atoms with Crippen LogP contribution in [0.15, 0.2) is 37.2 Å². The number of rotatable bonds is 3. The fourth-order valence-corrected chi connectivity index (χ4v) is 3.66. The van der Waals surface area contributed by atoms with E-state index in [1.807, 2.05) is 12.3 Å². The molecule has 3 aromatic rings. The third-order valence-electron chi connectivity index (χ3n) is 5.25. The Labute approximate surface area is 160 Å². The number of halogens is 3. The molecule has 3 heterocycles. The molecule has 0 saturated carbocycles. The van der Waals surface area contributed by atoms with Crippen LogP contribution in [0.5, 0.6) is 0 Å². The molecule has 0 amide bonds. The summed E-state index contributed by atoms with van der Waals surface area (Å²) in [7, 11) is 0. The molecule has 0 radical (unpaired) electrons. The number of aryl methyl sites for hydroxylation is 1. The number of aromatic nitrogens is 3. The van der Waals surface area contributed by atoms with Crippen LogP contribution >= 0.6 is 0 Å². The van der Waals surface area contributed by atoms with Crippen LogP contribution in [0.2, 0.25) is 0 Å². The lowest BCUT2D eigenvalue weighted by atomic mass is 9.90. The molecule has 1 aromatic carbocycles. The Morgan fingerprint density at radius 2 is 2.07 bits per heavy atom. The van der Waals surface area contributed by atoms with Crippen LogP contribution in [-0.4, -0.2) is 27.7 Å². The minimum Gasteiger partial charge on any atom is -0.385 e. The van der Waals surface area contributed by atoms with Crippen molar-refractivity contribution in [2.75, 3.05) is 6.54 Å². The number of H-pyrrole nitrogens is 1. The van der Waals surface area contributed by atoms with Gasteiger partial charge in [-0.3, -0.25) is 0 Å². The van der Waals surface area contributed by atoms with Crippen LogP contribution < -0.4 is 5.32 Å². The number of fused-ring (bicyclic) bond motifs is 2. The molecule has 1 aliphatic heterocycles. The maximum absolute atomic E-state index is 12.4.